The van der Waals surface area contributed by atoms with Gasteiger partial charge < -0.3 is 10.1 Å². The third kappa shape index (κ3) is 4.63. The molecule has 2 nitrogen and oxygen atoms in total. The van der Waals surface area contributed by atoms with Gasteiger partial charge in [0.05, 0.1) is 5.02 Å². The van der Waals surface area contributed by atoms with Crippen molar-refractivity contribution in [2.24, 2.45) is 0 Å². The van der Waals surface area contributed by atoms with Gasteiger partial charge in [0.2, 0.25) is 0 Å². The maximum Gasteiger partial charge on any atom is 0.138 e. The van der Waals surface area contributed by atoms with E-state index in [9.17, 15) is 0 Å². The highest BCUT2D eigenvalue weighted by Gasteiger charge is 2.08. The molecule has 1 unspecified atom stereocenters. The van der Waals surface area contributed by atoms with E-state index in [0.717, 1.165) is 22.7 Å². The van der Waals surface area contributed by atoms with Crippen LogP contribution in [0.2, 0.25) is 10.0 Å². The van der Waals surface area contributed by atoms with E-state index in [-0.39, 0.29) is 6.04 Å². The van der Waals surface area contributed by atoms with Crippen molar-refractivity contribution in [2.45, 2.75) is 26.5 Å². The molecular weight excluding hydrogens is 305 g/mol. The van der Waals surface area contributed by atoms with Crippen molar-refractivity contribution in [2.75, 3.05) is 6.54 Å². The van der Waals surface area contributed by atoms with Crippen LogP contribution in [0.1, 0.15) is 31.0 Å². The molecule has 0 heterocycles. The first-order valence-electron chi connectivity index (χ1n) is 7.00. The molecule has 0 aliphatic carbocycles. The van der Waals surface area contributed by atoms with Crippen LogP contribution >= 0.6 is 23.2 Å². The SMILES string of the molecule is CCNC(C)c1ccc(OCc2ccc(Cl)cc2)c(Cl)c1. The average molecular weight is 324 g/mol. The molecule has 0 spiro atoms. The summed E-state index contributed by atoms with van der Waals surface area (Å²) in [5, 5.41) is 4.71. The minimum absolute atomic E-state index is 0.276. The highest BCUT2D eigenvalue weighted by Crippen LogP contribution is 2.28. The molecule has 0 radical (unpaired) electrons. The highest BCUT2D eigenvalue weighted by atomic mass is 35.5. The van der Waals surface area contributed by atoms with Gasteiger partial charge in [-0.25, -0.2) is 0 Å². The van der Waals surface area contributed by atoms with Crippen LogP contribution in [-0.2, 0) is 6.61 Å². The van der Waals surface area contributed by atoms with Crippen LogP contribution in [0.15, 0.2) is 42.5 Å². The lowest BCUT2D eigenvalue weighted by atomic mass is 10.1. The molecule has 1 N–H and O–H groups in total. The average Bonchev–Trinajstić information content (AvgIpc) is 2.48. The summed E-state index contributed by atoms with van der Waals surface area (Å²) in [6.07, 6.45) is 0. The van der Waals surface area contributed by atoms with Crippen molar-refractivity contribution in [3.8, 4) is 5.75 Å². The van der Waals surface area contributed by atoms with Gasteiger partial charge in [-0.15, -0.1) is 0 Å². The quantitative estimate of drug-likeness (QED) is 0.784. The molecule has 0 aliphatic heterocycles. The Morgan fingerprint density at radius 3 is 2.43 bits per heavy atom. The summed E-state index contributed by atoms with van der Waals surface area (Å²) in [6, 6.07) is 13.8. The molecule has 2 aromatic carbocycles. The molecule has 2 aromatic rings. The number of halogens is 2. The van der Waals surface area contributed by atoms with Gasteiger partial charge in [0.1, 0.15) is 12.4 Å². The first-order valence-corrected chi connectivity index (χ1v) is 7.76. The van der Waals surface area contributed by atoms with Crippen LogP contribution in [0.3, 0.4) is 0 Å². The fourth-order valence-electron chi connectivity index (χ4n) is 2.07. The Kier molecular flexibility index (Phi) is 5.92. The zero-order valence-electron chi connectivity index (χ0n) is 12.2. The number of hydrogen-bond donors (Lipinski definition) is 1. The molecule has 0 saturated carbocycles. The summed E-state index contributed by atoms with van der Waals surface area (Å²) in [5.74, 6) is 0.694. The monoisotopic (exact) mass is 323 g/mol. The number of benzene rings is 2. The molecule has 2 rings (SSSR count). The van der Waals surface area contributed by atoms with Gasteiger partial charge in [0.25, 0.3) is 0 Å². The predicted octanol–water partition coefficient (Wildman–Crippen LogP) is 5.24. The number of nitrogens with one attached hydrogen (secondary N) is 1. The Morgan fingerprint density at radius 1 is 1.10 bits per heavy atom. The van der Waals surface area contributed by atoms with Crippen LogP contribution in [-0.4, -0.2) is 6.54 Å². The van der Waals surface area contributed by atoms with E-state index in [1.807, 2.05) is 42.5 Å². The second kappa shape index (κ2) is 7.69. The Labute approximate surface area is 136 Å². The number of hydrogen-bond acceptors (Lipinski definition) is 2. The molecule has 21 heavy (non-hydrogen) atoms. The van der Waals surface area contributed by atoms with Crippen molar-refractivity contribution < 1.29 is 4.74 Å². The minimum Gasteiger partial charge on any atom is -0.487 e. The molecule has 112 valence electrons. The first-order chi connectivity index (χ1) is 10.1. The molecular formula is C17H19Cl2NO. The van der Waals surface area contributed by atoms with E-state index in [4.69, 9.17) is 27.9 Å². The fourth-order valence-corrected chi connectivity index (χ4v) is 2.44. The molecule has 0 bridgehead atoms. The van der Waals surface area contributed by atoms with Crippen LogP contribution < -0.4 is 10.1 Å². The summed E-state index contributed by atoms with van der Waals surface area (Å²) in [5.41, 5.74) is 2.21. The molecule has 0 amide bonds. The largest absolute Gasteiger partial charge is 0.487 e. The maximum atomic E-state index is 6.29. The molecule has 0 fully saturated rings. The van der Waals surface area contributed by atoms with Gasteiger partial charge in [-0.2, -0.15) is 0 Å². The third-order valence-electron chi connectivity index (χ3n) is 3.27. The lowest BCUT2D eigenvalue weighted by Crippen LogP contribution is -2.17. The van der Waals surface area contributed by atoms with Crippen LogP contribution in [0.5, 0.6) is 5.75 Å². The first kappa shape index (κ1) is 16.2. The van der Waals surface area contributed by atoms with E-state index in [1.54, 1.807) is 0 Å². The predicted molar refractivity (Wildman–Crippen MR) is 89.3 cm³/mol. The molecule has 0 saturated heterocycles. The molecule has 4 heteroatoms. The van der Waals surface area contributed by atoms with Crippen LogP contribution in [0, 0.1) is 0 Å². The zero-order valence-corrected chi connectivity index (χ0v) is 13.7. The lowest BCUT2D eigenvalue weighted by molar-refractivity contribution is 0.306. The van der Waals surface area contributed by atoms with Crippen molar-refractivity contribution >= 4 is 23.2 Å². The Balaban J connectivity index is 2.02. The van der Waals surface area contributed by atoms with Crippen LogP contribution in [0.4, 0.5) is 0 Å². The van der Waals surface area contributed by atoms with Gasteiger partial charge in [-0.1, -0.05) is 48.3 Å². The Bertz CT molecular complexity index is 584. The summed E-state index contributed by atoms with van der Waals surface area (Å²) in [4.78, 5) is 0. The van der Waals surface area contributed by atoms with Crippen molar-refractivity contribution in [1.82, 2.24) is 5.32 Å². The van der Waals surface area contributed by atoms with E-state index in [0.29, 0.717) is 17.4 Å². The van der Waals surface area contributed by atoms with Gasteiger partial charge in [-0.05, 0) is 48.9 Å². The van der Waals surface area contributed by atoms with Gasteiger partial charge in [-0.3, -0.25) is 0 Å². The van der Waals surface area contributed by atoms with Crippen LogP contribution in [0.25, 0.3) is 0 Å². The second-order valence-electron chi connectivity index (χ2n) is 4.88. The maximum absolute atomic E-state index is 6.29. The molecule has 0 aliphatic rings. The van der Waals surface area contributed by atoms with Crippen molar-refractivity contribution in [3.05, 3.63) is 63.6 Å². The Hall–Kier alpha value is -1.22. The Morgan fingerprint density at radius 2 is 1.81 bits per heavy atom. The van der Waals surface area contributed by atoms with Crippen molar-refractivity contribution in [1.29, 1.82) is 0 Å². The minimum atomic E-state index is 0.276. The standard InChI is InChI=1S/C17H19Cl2NO/c1-3-20-12(2)14-6-9-17(16(19)10-14)21-11-13-4-7-15(18)8-5-13/h4-10,12,20H,3,11H2,1-2H3. The number of rotatable bonds is 6. The van der Waals surface area contributed by atoms with E-state index in [1.165, 1.54) is 0 Å². The highest BCUT2D eigenvalue weighted by molar-refractivity contribution is 6.32. The second-order valence-corrected chi connectivity index (χ2v) is 5.73. The summed E-state index contributed by atoms with van der Waals surface area (Å²) >= 11 is 12.2. The van der Waals surface area contributed by atoms with Gasteiger partial charge in [0, 0.05) is 11.1 Å². The molecule has 0 aromatic heterocycles. The summed E-state index contributed by atoms with van der Waals surface area (Å²) < 4.78 is 5.76. The summed E-state index contributed by atoms with van der Waals surface area (Å²) in [7, 11) is 0. The smallest absolute Gasteiger partial charge is 0.138 e. The zero-order chi connectivity index (χ0) is 15.2. The molecule has 1 atom stereocenters. The fraction of sp³-hybridized carbons (Fsp3) is 0.294. The lowest BCUT2D eigenvalue weighted by Gasteiger charge is -2.15. The topological polar surface area (TPSA) is 21.3 Å². The van der Waals surface area contributed by atoms with E-state index in [2.05, 4.69) is 19.2 Å². The number of ether oxygens (including phenoxy) is 1. The third-order valence-corrected chi connectivity index (χ3v) is 3.82. The normalized spacial score (nSPS) is 12.2. The van der Waals surface area contributed by atoms with Gasteiger partial charge >= 0.3 is 0 Å². The van der Waals surface area contributed by atoms with Gasteiger partial charge in [0.15, 0.2) is 0 Å². The van der Waals surface area contributed by atoms with Crippen molar-refractivity contribution in [3.63, 3.8) is 0 Å². The van der Waals surface area contributed by atoms with E-state index >= 15 is 0 Å². The summed E-state index contributed by atoms with van der Waals surface area (Å²) in [6.45, 7) is 5.59. The van der Waals surface area contributed by atoms with E-state index < -0.39 is 0 Å².